The fourth-order valence-corrected chi connectivity index (χ4v) is 1.67. The van der Waals surface area contributed by atoms with Gasteiger partial charge < -0.3 is 21.0 Å². The molecule has 18 heavy (non-hydrogen) atoms. The van der Waals surface area contributed by atoms with Gasteiger partial charge in [0.1, 0.15) is 5.69 Å². The SMILES string of the molecule is CNCCCNc1ccc(=[N+]([O-])[O-])c2no[nH]c1-2. The van der Waals surface area contributed by atoms with Crippen molar-refractivity contribution in [3.05, 3.63) is 27.9 Å². The third-order valence-corrected chi connectivity index (χ3v) is 2.56. The van der Waals surface area contributed by atoms with Crippen molar-refractivity contribution in [2.75, 3.05) is 25.5 Å². The molecule has 0 spiro atoms. The van der Waals surface area contributed by atoms with E-state index in [1.54, 1.807) is 6.07 Å². The van der Waals surface area contributed by atoms with Crippen LogP contribution in [0.4, 0.5) is 5.69 Å². The van der Waals surface area contributed by atoms with E-state index in [0.29, 0.717) is 5.69 Å². The van der Waals surface area contributed by atoms with Gasteiger partial charge >= 0.3 is 0 Å². The number of aromatic nitrogens is 2. The number of hydrogen-bond donors (Lipinski definition) is 3. The van der Waals surface area contributed by atoms with Gasteiger partial charge in [-0.05, 0) is 31.2 Å². The topological polar surface area (TPSA) is 115 Å². The molecule has 2 aliphatic rings. The van der Waals surface area contributed by atoms with E-state index in [9.17, 15) is 10.4 Å². The number of H-pyrrole nitrogens is 1. The molecule has 0 atom stereocenters. The lowest BCUT2D eigenvalue weighted by Crippen LogP contribution is -2.22. The first-order valence-electron chi connectivity index (χ1n) is 5.57. The largest absolute Gasteiger partial charge is 0.612 e. The van der Waals surface area contributed by atoms with Gasteiger partial charge in [-0.15, -0.1) is 0 Å². The van der Waals surface area contributed by atoms with Gasteiger partial charge in [-0.25, -0.2) is 0 Å². The summed E-state index contributed by atoms with van der Waals surface area (Å²) in [7, 11) is 1.89. The lowest BCUT2D eigenvalue weighted by atomic mass is 10.2. The highest BCUT2D eigenvalue weighted by molar-refractivity contribution is 5.72. The second-order valence-corrected chi connectivity index (χ2v) is 3.78. The van der Waals surface area contributed by atoms with Crippen LogP contribution in [0.5, 0.6) is 0 Å². The summed E-state index contributed by atoms with van der Waals surface area (Å²) in [4.78, 5) is -0.483. The Morgan fingerprint density at radius 1 is 1.39 bits per heavy atom. The standard InChI is InChI=1S/C10H14N5O3/c1-11-5-2-6-12-7-3-4-8(15(16)17)10-9(7)13-18-14-10/h3-4,11-13H,2,5-6H2,1H3/q-1. The van der Waals surface area contributed by atoms with Crippen LogP contribution in [-0.2, 0) is 0 Å². The smallest absolute Gasteiger partial charge is 0.254 e. The van der Waals surface area contributed by atoms with E-state index in [4.69, 9.17) is 4.63 Å². The molecule has 0 aromatic carbocycles. The Kier molecular flexibility index (Phi) is 3.68. The van der Waals surface area contributed by atoms with Gasteiger partial charge in [0.25, 0.3) is 5.36 Å². The number of benzene rings is 1. The molecule has 8 heteroatoms. The highest BCUT2D eigenvalue weighted by Crippen LogP contribution is 2.22. The van der Waals surface area contributed by atoms with Crippen molar-refractivity contribution in [2.45, 2.75) is 6.42 Å². The van der Waals surface area contributed by atoms with Crippen molar-refractivity contribution < 1.29 is 4.63 Å². The van der Waals surface area contributed by atoms with Gasteiger partial charge in [0.2, 0.25) is 5.69 Å². The fourth-order valence-electron chi connectivity index (χ4n) is 1.67. The number of nitrogens with zero attached hydrogens (tertiary/aromatic N) is 2. The zero-order valence-electron chi connectivity index (χ0n) is 9.90. The Labute approximate surface area is 103 Å². The Morgan fingerprint density at radius 2 is 2.22 bits per heavy atom. The van der Waals surface area contributed by atoms with Gasteiger partial charge in [-0.3, -0.25) is 4.63 Å². The zero-order valence-corrected chi connectivity index (χ0v) is 9.90. The van der Waals surface area contributed by atoms with Crippen molar-refractivity contribution in [1.82, 2.24) is 20.5 Å². The quantitative estimate of drug-likeness (QED) is 0.505. The van der Waals surface area contributed by atoms with Crippen molar-refractivity contribution in [3.8, 4) is 11.4 Å². The third kappa shape index (κ3) is 2.38. The Balaban J connectivity index is 2.23. The molecule has 8 nitrogen and oxygen atoms in total. The van der Waals surface area contributed by atoms with Gasteiger partial charge in [0.05, 0.1) is 5.69 Å². The second kappa shape index (κ2) is 5.41. The average Bonchev–Trinajstić information content (AvgIpc) is 2.83. The van der Waals surface area contributed by atoms with Crippen LogP contribution in [0.1, 0.15) is 6.42 Å². The molecule has 0 saturated heterocycles. The molecule has 0 fully saturated rings. The molecular formula is C10H14N5O3-. The van der Waals surface area contributed by atoms with E-state index in [1.165, 1.54) is 6.07 Å². The predicted molar refractivity (Wildman–Crippen MR) is 66.5 cm³/mol. The number of rotatable bonds is 5. The summed E-state index contributed by atoms with van der Waals surface area (Å²) in [5.41, 5.74) is 1.47. The summed E-state index contributed by atoms with van der Waals surface area (Å²) >= 11 is 0. The van der Waals surface area contributed by atoms with E-state index < -0.39 is 4.90 Å². The lowest BCUT2D eigenvalue weighted by Gasteiger charge is -2.09. The minimum absolute atomic E-state index is 0.0734. The van der Waals surface area contributed by atoms with Crippen molar-refractivity contribution in [2.24, 2.45) is 0 Å². The maximum atomic E-state index is 10.8. The Morgan fingerprint density at radius 3 is 2.94 bits per heavy atom. The molecule has 0 aromatic heterocycles. The third-order valence-electron chi connectivity index (χ3n) is 2.56. The van der Waals surface area contributed by atoms with E-state index in [0.717, 1.165) is 25.2 Å². The molecule has 0 bridgehead atoms. The van der Waals surface area contributed by atoms with Gasteiger partial charge in [0.15, 0.2) is 0 Å². The van der Waals surface area contributed by atoms with E-state index in [-0.39, 0.29) is 11.1 Å². The summed E-state index contributed by atoms with van der Waals surface area (Å²) < 4.78 is 4.69. The van der Waals surface area contributed by atoms with E-state index in [1.807, 2.05) is 7.05 Å². The summed E-state index contributed by atoms with van der Waals surface area (Å²) in [6, 6.07) is 3.06. The Bertz CT molecular complexity index is 543. The van der Waals surface area contributed by atoms with Crippen molar-refractivity contribution >= 4 is 5.69 Å². The van der Waals surface area contributed by atoms with Crippen LogP contribution < -0.4 is 20.9 Å². The minimum atomic E-state index is -0.483. The summed E-state index contributed by atoms with van der Waals surface area (Å²) in [6.07, 6.45) is 0.945. The second-order valence-electron chi connectivity index (χ2n) is 3.78. The number of nitrogens with one attached hydrogen (secondary N) is 3. The number of hydrogen-bond acceptors (Lipinski definition) is 6. The molecule has 1 heterocycles. The van der Waals surface area contributed by atoms with Gasteiger partial charge in [0, 0.05) is 12.6 Å². The molecule has 0 saturated carbocycles. The maximum absolute atomic E-state index is 10.8. The number of anilines is 1. The van der Waals surface area contributed by atoms with E-state index >= 15 is 0 Å². The molecule has 1 aliphatic carbocycles. The first-order chi connectivity index (χ1) is 8.74. The van der Waals surface area contributed by atoms with Gasteiger partial charge in [-0.2, -0.15) is 10.1 Å². The first kappa shape index (κ1) is 12.2. The van der Waals surface area contributed by atoms with Crippen LogP contribution in [-0.4, -0.2) is 30.5 Å². The number of aromatic amines is 1. The van der Waals surface area contributed by atoms with Crippen molar-refractivity contribution in [1.29, 1.82) is 0 Å². The molecule has 1 aliphatic heterocycles. The van der Waals surface area contributed by atoms with Crippen LogP contribution in [0, 0.1) is 10.4 Å². The molecule has 0 aromatic rings. The van der Waals surface area contributed by atoms with Gasteiger partial charge in [-0.1, -0.05) is 0 Å². The summed E-state index contributed by atoms with van der Waals surface area (Å²) in [5, 5.41) is 33.9. The van der Waals surface area contributed by atoms with E-state index in [2.05, 4.69) is 20.9 Å². The highest BCUT2D eigenvalue weighted by Gasteiger charge is 2.17. The van der Waals surface area contributed by atoms with Crippen LogP contribution >= 0.6 is 0 Å². The average molecular weight is 252 g/mol. The molecule has 0 radical (unpaired) electrons. The highest BCUT2D eigenvalue weighted by atomic mass is 16.8. The molecule has 0 unspecified atom stereocenters. The van der Waals surface area contributed by atoms with Crippen molar-refractivity contribution in [3.63, 3.8) is 0 Å². The van der Waals surface area contributed by atoms with Crippen LogP contribution in [0.2, 0.25) is 0 Å². The minimum Gasteiger partial charge on any atom is -0.612 e. The Hall–Kier alpha value is -2.22. The molecule has 2 rings (SSSR count). The summed E-state index contributed by atoms with van der Waals surface area (Å²) in [5.74, 6) is 0. The first-order valence-corrected chi connectivity index (χ1v) is 5.57. The normalized spacial score (nSPS) is 10.7. The maximum Gasteiger partial charge on any atom is 0.254 e. The molecule has 0 amide bonds. The molecule has 3 N–H and O–H groups in total. The summed E-state index contributed by atoms with van der Waals surface area (Å²) in [6.45, 7) is 1.66. The predicted octanol–water partition coefficient (Wildman–Crippen LogP) is -0.103. The van der Waals surface area contributed by atoms with Crippen LogP contribution in [0.15, 0.2) is 16.8 Å². The fraction of sp³-hybridized carbons (Fsp3) is 0.400. The van der Waals surface area contributed by atoms with Crippen LogP contribution in [0.3, 0.4) is 0 Å². The van der Waals surface area contributed by atoms with Crippen LogP contribution in [0.25, 0.3) is 11.4 Å². The number of fused-ring (bicyclic) bond motifs is 1. The molecular weight excluding hydrogens is 238 g/mol. The monoisotopic (exact) mass is 252 g/mol. The lowest BCUT2D eigenvalue weighted by molar-refractivity contribution is 0.312. The molecule has 98 valence electrons. The zero-order chi connectivity index (χ0) is 13.0.